The quantitative estimate of drug-likeness (QED) is 0.620. The molecule has 1 fully saturated rings. The minimum Gasteiger partial charge on any atom is -0.330 e. The highest BCUT2D eigenvalue weighted by molar-refractivity contribution is 7.87. The first-order valence-electron chi connectivity index (χ1n) is 6.77. The van der Waals surface area contributed by atoms with E-state index in [1.54, 1.807) is 11.2 Å². The van der Waals surface area contributed by atoms with Crippen LogP contribution < -0.4 is 10.5 Å². The third-order valence-corrected chi connectivity index (χ3v) is 4.84. The van der Waals surface area contributed by atoms with Crippen molar-refractivity contribution in [2.24, 2.45) is 5.73 Å². The summed E-state index contributed by atoms with van der Waals surface area (Å²) < 4.78 is 27.9. The Kier molecular flexibility index (Phi) is 7.10. The smallest absolute Gasteiger partial charge is 0.279 e. The Labute approximate surface area is 111 Å². The van der Waals surface area contributed by atoms with Crippen molar-refractivity contribution in [1.29, 1.82) is 0 Å². The van der Waals surface area contributed by atoms with Gasteiger partial charge in [-0.2, -0.15) is 12.7 Å². The van der Waals surface area contributed by atoms with Crippen molar-refractivity contribution in [3.05, 3.63) is 0 Å². The molecular weight excluding hydrogens is 252 g/mol. The van der Waals surface area contributed by atoms with Crippen LogP contribution in [0.4, 0.5) is 0 Å². The van der Waals surface area contributed by atoms with Crippen LogP contribution in [0.25, 0.3) is 0 Å². The van der Waals surface area contributed by atoms with Gasteiger partial charge in [-0.3, -0.25) is 0 Å². The summed E-state index contributed by atoms with van der Waals surface area (Å²) in [6, 6.07) is 0. The summed E-state index contributed by atoms with van der Waals surface area (Å²) in [5.41, 5.74) is 5.47. The van der Waals surface area contributed by atoms with Crippen LogP contribution >= 0.6 is 0 Å². The summed E-state index contributed by atoms with van der Waals surface area (Å²) >= 11 is 0. The molecule has 1 aliphatic rings. The minimum absolute atomic E-state index is 0.443. The second kappa shape index (κ2) is 8.06. The van der Waals surface area contributed by atoms with E-state index in [1.807, 2.05) is 0 Å². The first-order chi connectivity index (χ1) is 8.60. The van der Waals surface area contributed by atoms with E-state index in [1.165, 1.54) is 0 Å². The fourth-order valence-electron chi connectivity index (χ4n) is 2.16. The van der Waals surface area contributed by atoms with Gasteiger partial charge < -0.3 is 10.6 Å². The number of nitrogens with one attached hydrogen (secondary N) is 1. The fourth-order valence-corrected chi connectivity index (χ4v) is 3.40. The van der Waals surface area contributed by atoms with Gasteiger partial charge in [0.1, 0.15) is 0 Å². The number of hydrogen-bond acceptors (Lipinski definition) is 4. The molecule has 108 valence electrons. The normalized spacial score (nSPS) is 19.9. The Morgan fingerprint density at radius 2 is 1.94 bits per heavy atom. The van der Waals surface area contributed by atoms with Crippen LogP contribution in [0, 0.1) is 0 Å². The van der Waals surface area contributed by atoms with Gasteiger partial charge >= 0.3 is 0 Å². The molecule has 7 heteroatoms. The van der Waals surface area contributed by atoms with Crippen LogP contribution in [0.2, 0.25) is 0 Å². The van der Waals surface area contributed by atoms with Crippen molar-refractivity contribution in [2.45, 2.75) is 26.2 Å². The summed E-state index contributed by atoms with van der Waals surface area (Å²) in [5.74, 6) is 0. The molecule has 0 radical (unpaired) electrons. The fraction of sp³-hybridized carbons (Fsp3) is 1.00. The van der Waals surface area contributed by atoms with Gasteiger partial charge in [0.25, 0.3) is 10.2 Å². The molecule has 0 saturated carbocycles. The van der Waals surface area contributed by atoms with Crippen molar-refractivity contribution >= 4 is 10.2 Å². The van der Waals surface area contributed by atoms with Crippen LogP contribution in [0.3, 0.4) is 0 Å². The maximum atomic E-state index is 11.9. The third kappa shape index (κ3) is 5.19. The summed E-state index contributed by atoms with van der Waals surface area (Å²) in [6.45, 7) is 6.98. The molecule has 18 heavy (non-hydrogen) atoms. The van der Waals surface area contributed by atoms with Gasteiger partial charge in [-0.25, -0.2) is 4.72 Å². The largest absolute Gasteiger partial charge is 0.330 e. The summed E-state index contributed by atoms with van der Waals surface area (Å²) in [4.78, 5) is 2.33. The Balaban J connectivity index is 2.41. The highest BCUT2D eigenvalue weighted by Crippen LogP contribution is 2.07. The molecule has 1 heterocycles. The lowest BCUT2D eigenvalue weighted by Gasteiger charge is -2.21. The summed E-state index contributed by atoms with van der Waals surface area (Å²) in [5, 5.41) is 0. The van der Waals surface area contributed by atoms with Crippen LogP contribution in [-0.2, 0) is 10.2 Å². The zero-order valence-corrected chi connectivity index (χ0v) is 12.1. The van der Waals surface area contributed by atoms with E-state index in [9.17, 15) is 8.42 Å². The summed E-state index contributed by atoms with van der Waals surface area (Å²) in [7, 11) is -3.27. The Morgan fingerprint density at radius 3 is 2.61 bits per heavy atom. The van der Waals surface area contributed by atoms with Crippen LogP contribution in [0.5, 0.6) is 0 Å². The van der Waals surface area contributed by atoms with E-state index >= 15 is 0 Å². The molecule has 6 nitrogen and oxygen atoms in total. The highest BCUT2D eigenvalue weighted by Gasteiger charge is 2.23. The van der Waals surface area contributed by atoms with E-state index in [4.69, 9.17) is 5.73 Å². The van der Waals surface area contributed by atoms with Gasteiger partial charge in [0.05, 0.1) is 0 Å². The second-order valence-electron chi connectivity index (χ2n) is 4.59. The van der Waals surface area contributed by atoms with Crippen LogP contribution in [0.1, 0.15) is 26.2 Å². The van der Waals surface area contributed by atoms with Gasteiger partial charge in [0, 0.05) is 26.2 Å². The average Bonchev–Trinajstić information content (AvgIpc) is 2.55. The molecule has 1 saturated heterocycles. The van der Waals surface area contributed by atoms with E-state index < -0.39 is 10.2 Å². The molecule has 0 amide bonds. The van der Waals surface area contributed by atoms with Gasteiger partial charge in [0.2, 0.25) is 0 Å². The predicted octanol–water partition coefficient (Wildman–Crippen LogP) is -0.413. The van der Waals surface area contributed by atoms with E-state index in [0.29, 0.717) is 19.6 Å². The molecule has 3 N–H and O–H groups in total. The Hall–Kier alpha value is -0.210. The highest BCUT2D eigenvalue weighted by atomic mass is 32.2. The number of unbranched alkanes of at least 4 members (excludes halogenated alkanes) is 1. The van der Waals surface area contributed by atoms with Gasteiger partial charge in [-0.15, -0.1) is 0 Å². The number of nitrogens with two attached hydrogens (primary N) is 1. The number of nitrogens with zero attached hydrogens (tertiary/aromatic N) is 2. The number of hydrogen-bond donors (Lipinski definition) is 2. The van der Waals surface area contributed by atoms with Crippen molar-refractivity contribution in [1.82, 2.24) is 13.9 Å². The molecule has 0 spiro atoms. The first-order valence-corrected chi connectivity index (χ1v) is 8.21. The molecule has 0 aromatic heterocycles. The second-order valence-corrected chi connectivity index (χ2v) is 6.35. The number of rotatable bonds is 7. The van der Waals surface area contributed by atoms with Crippen molar-refractivity contribution in [3.8, 4) is 0 Å². The maximum Gasteiger partial charge on any atom is 0.279 e. The minimum atomic E-state index is -3.27. The zero-order chi connectivity index (χ0) is 13.4. The molecule has 0 bridgehead atoms. The lowest BCUT2D eigenvalue weighted by atomic mass is 10.3. The average molecular weight is 278 g/mol. The standard InChI is InChI=1S/C11H26N4O2S/c1-2-13-18(16,17)15-9-5-8-14(10-11-15)7-4-3-6-12/h13H,2-12H2,1H3. The topological polar surface area (TPSA) is 78.7 Å². The summed E-state index contributed by atoms with van der Waals surface area (Å²) in [6.07, 6.45) is 3.03. The Morgan fingerprint density at radius 1 is 1.17 bits per heavy atom. The molecule has 0 aromatic rings. The van der Waals surface area contributed by atoms with Gasteiger partial charge in [-0.1, -0.05) is 6.92 Å². The third-order valence-electron chi connectivity index (χ3n) is 3.14. The van der Waals surface area contributed by atoms with Crippen molar-refractivity contribution in [3.63, 3.8) is 0 Å². The lowest BCUT2D eigenvalue weighted by molar-refractivity contribution is 0.281. The van der Waals surface area contributed by atoms with Gasteiger partial charge in [-0.05, 0) is 38.9 Å². The molecule has 0 unspecified atom stereocenters. The monoisotopic (exact) mass is 278 g/mol. The van der Waals surface area contributed by atoms with E-state index in [0.717, 1.165) is 45.4 Å². The SMILES string of the molecule is CCNS(=O)(=O)N1CCCN(CCCCN)CC1. The molecule has 0 atom stereocenters. The lowest BCUT2D eigenvalue weighted by Crippen LogP contribution is -2.42. The Bertz CT molecular complexity index is 321. The van der Waals surface area contributed by atoms with Crippen LogP contribution in [-0.4, -0.2) is 63.4 Å². The zero-order valence-electron chi connectivity index (χ0n) is 11.3. The van der Waals surface area contributed by atoms with E-state index in [2.05, 4.69) is 9.62 Å². The first kappa shape index (κ1) is 15.8. The van der Waals surface area contributed by atoms with Crippen molar-refractivity contribution < 1.29 is 8.42 Å². The maximum absolute atomic E-state index is 11.9. The van der Waals surface area contributed by atoms with Gasteiger partial charge in [0.15, 0.2) is 0 Å². The predicted molar refractivity (Wildman–Crippen MR) is 73.5 cm³/mol. The molecular formula is C11H26N4O2S. The molecule has 0 aromatic carbocycles. The molecule has 1 rings (SSSR count). The molecule has 0 aliphatic carbocycles. The van der Waals surface area contributed by atoms with E-state index in [-0.39, 0.29) is 0 Å². The van der Waals surface area contributed by atoms with Crippen molar-refractivity contribution in [2.75, 3.05) is 45.8 Å². The van der Waals surface area contributed by atoms with Crippen LogP contribution in [0.15, 0.2) is 0 Å². The molecule has 1 aliphatic heterocycles.